The van der Waals surface area contributed by atoms with Crippen LogP contribution in [-0.4, -0.2) is 24.1 Å². The molecule has 0 heterocycles. The number of hydrogen-bond acceptors (Lipinski definition) is 4. The molecule has 0 aliphatic heterocycles. The second-order valence-corrected chi connectivity index (χ2v) is 7.50. The quantitative estimate of drug-likeness (QED) is 0.723. The van der Waals surface area contributed by atoms with Crippen molar-refractivity contribution in [1.82, 2.24) is 0 Å². The molecule has 0 aliphatic rings. The van der Waals surface area contributed by atoms with Crippen LogP contribution in [0.5, 0.6) is 0 Å². The molecular weight excluding hydrogens is 256 g/mol. The normalized spacial score (nSPS) is 15.4. The van der Waals surface area contributed by atoms with Crippen LogP contribution < -0.4 is 0 Å². The summed E-state index contributed by atoms with van der Waals surface area (Å²) in [5.74, 6) is -0.708. The highest BCUT2D eigenvalue weighted by Crippen LogP contribution is 2.23. The first kappa shape index (κ1) is 18.9. The molecule has 0 aliphatic carbocycles. The fourth-order valence-corrected chi connectivity index (χ4v) is 1.07. The van der Waals surface area contributed by atoms with Crippen molar-refractivity contribution in [2.75, 3.05) is 0 Å². The first-order valence-corrected chi connectivity index (χ1v) is 7.23. The predicted octanol–water partition coefficient (Wildman–Crippen LogP) is 3.72. The smallest absolute Gasteiger partial charge is 0.306 e. The average molecular weight is 286 g/mol. The Balaban J connectivity index is 4.11. The van der Waals surface area contributed by atoms with Crippen molar-refractivity contribution in [3.63, 3.8) is 0 Å². The lowest BCUT2D eigenvalue weighted by molar-refractivity contribution is -0.160. The van der Waals surface area contributed by atoms with Gasteiger partial charge in [-0.2, -0.15) is 0 Å². The van der Waals surface area contributed by atoms with E-state index < -0.39 is 0 Å². The molecule has 0 N–H and O–H groups in total. The van der Waals surface area contributed by atoms with E-state index in [1.807, 2.05) is 55.4 Å². The van der Waals surface area contributed by atoms with Crippen LogP contribution in [0.25, 0.3) is 0 Å². The third kappa shape index (κ3) is 7.51. The highest BCUT2D eigenvalue weighted by atomic mass is 16.6. The van der Waals surface area contributed by atoms with E-state index in [0.717, 1.165) is 0 Å². The van der Waals surface area contributed by atoms with Crippen LogP contribution in [0.2, 0.25) is 0 Å². The molecule has 0 aromatic carbocycles. The molecule has 0 bridgehead atoms. The van der Waals surface area contributed by atoms with Crippen molar-refractivity contribution in [3.05, 3.63) is 0 Å². The highest BCUT2D eigenvalue weighted by molar-refractivity contribution is 5.77. The lowest BCUT2D eigenvalue weighted by Crippen LogP contribution is -2.30. The molecule has 0 aromatic heterocycles. The summed E-state index contributed by atoms with van der Waals surface area (Å²) in [5.41, 5.74) is -0.201. The average Bonchev–Trinajstić information content (AvgIpc) is 2.23. The van der Waals surface area contributed by atoms with Gasteiger partial charge >= 0.3 is 11.9 Å². The Morgan fingerprint density at radius 2 is 1.00 bits per heavy atom. The van der Waals surface area contributed by atoms with Gasteiger partial charge in [0, 0.05) is 0 Å². The second-order valence-electron chi connectivity index (χ2n) is 7.50. The Kier molecular flexibility index (Phi) is 6.72. The van der Waals surface area contributed by atoms with E-state index in [2.05, 4.69) is 0 Å². The maximum atomic E-state index is 11.7. The van der Waals surface area contributed by atoms with Crippen molar-refractivity contribution < 1.29 is 19.1 Å². The van der Waals surface area contributed by atoms with Gasteiger partial charge in [0.15, 0.2) is 0 Å². The number of rotatable bonds is 5. The first-order valence-electron chi connectivity index (χ1n) is 7.23. The molecular formula is C16H30O4. The van der Waals surface area contributed by atoms with Gasteiger partial charge in [-0.05, 0) is 24.7 Å². The first-order chi connectivity index (χ1) is 8.84. The Morgan fingerprint density at radius 3 is 1.20 bits per heavy atom. The summed E-state index contributed by atoms with van der Waals surface area (Å²) in [6.07, 6.45) is -0.231. The van der Waals surface area contributed by atoms with Crippen LogP contribution in [0.1, 0.15) is 68.2 Å². The van der Waals surface area contributed by atoms with Gasteiger partial charge in [-0.3, -0.25) is 9.59 Å². The molecule has 0 saturated carbocycles. The van der Waals surface area contributed by atoms with E-state index in [1.54, 1.807) is 0 Å². The summed E-state index contributed by atoms with van der Waals surface area (Å²) in [4.78, 5) is 23.3. The van der Waals surface area contributed by atoms with Crippen LogP contribution in [0.4, 0.5) is 0 Å². The molecule has 4 nitrogen and oxygen atoms in total. The van der Waals surface area contributed by atoms with Crippen molar-refractivity contribution in [2.24, 2.45) is 10.8 Å². The zero-order chi connectivity index (χ0) is 16.1. The molecule has 2 atom stereocenters. The molecule has 0 saturated heterocycles. The fourth-order valence-electron chi connectivity index (χ4n) is 1.07. The number of ether oxygens (including phenoxy) is 2. The van der Waals surface area contributed by atoms with E-state index in [9.17, 15) is 9.59 Å². The maximum Gasteiger partial charge on any atom is 0.306 e. The van der Waals surface area contributed by atoms with Crippen LogP contribution in [0.3, 0.4) is 0 Å². The molecule has 2 unspecified atom stereocenters. The summed E-state index contributed by atoms with van der Waals surface area (Å²) >= 11 is 0. The van der Waals surface area contributed by atoms with Gasteiger partial charge in [-0.15, -0.1) is 0 Å². The Bertz CT molecular complexity index is 299. The number of esters is 2. The Hall–Kier alpha value is -1.06. The molecule has 20 heavy (non-hydrogen) atoms. The second kappa shape index (κ2) is 7.09. The van der Waals surface area contributed by atoms with Crippen molar-refractivity contribution in [3.8, 4) is 0 Å². The SMILES string of the molecule is CC(OC(=O)CCC(=O)OC(C)C(C)(C)C)C(C)(C)C. The summed E-state index contributed by atoms with van der Waals surface area (Å²) in [7, 11) is 0. The van der Waals surface area contributed by atoms with Gasteiger partial charge < -0.3 is 9.47 Å². The largest absolute Gasteiger partial charge is 0.462 e. The maximum absolute atomic E-state index is 11.7. The van der Waals surface area contributed by atoms with E-state index in [0.29, 0.717) is 0 Å². The molecule has 0 aromatic rings. The minimum absolute atomic E-state index is 0.0656. The third-order valence-corrected chi connectivity index (χ3v) is 3.59. The summed E-state index contributed by atoms with van der Waals surface area (Å²) in [6, 6.07) is 0. The number of hydrogen-bond donors (Lipinski definition) is 0. The zero-order valence-corrected chi connectivity index (χ0v) is 14.2. The minimum atomic E-state index is -0.354. The van der Waals surface area contributed by atoms with Crippen LogP contribution in [0.15, 0.2) is 0 Å². The lowest BCUT2D eigenvalue weighted by Gasteiger charge is -2.27. The minimum Gasteiger partial charge on any atom is -0.462 e. The van der Waals surface area contributed by atoms with Crippen molar-refractivity contribution >= 4 is 11.9 Å². The summed E-state index contributed by atoms with van der Waals surface area (Å²) in [6.45, 7) is 15.7. The van der Waals surface area contributed by atoms with E-state index in [-0.39, 0.29) is 47.8 Å². The molecule has 118 valence electrons. The van der Waals surface area contributed by atoms with Gasteiger partial charge in [0.1, 0.15) is 12.2 Å². The van der Waals surface area contributed by atoms with E-state index >= 15 is 0 Å². The van der Waals surface area contributed by atoms with Crippen LogP contribution in [-0.2, 0) is 19.1 Å². The van der Waals surface area contributed by atoms with E-state index in [1.165, 1.54) is 0 Å². The van der Waals surface area contributed by atoms with Crippen LogP contribution in [0, 0.1) is 10.8 Å². The van der Waals surface area contributed by atoms with Gasteiger partial charge in [0.2, 0.25) is 0 Å². The molecule has 0 fully saturated rings. The van der Waals surface area contributed by atoms with Gasteiger partial charge in [-0.25, -0.2) is 0 Å². The zero-order valence-electron chi connectivity index (χ0n) is 14.2. The summed E-state index contributed by atoms with van der Waals surface area (Å²) < 4.78 is 10.6. The number of carbonyl (C=O) groups excluding carboxylic acids is 2. The molecule has 0 spiro atoms. The van der Waals surface area contributed by atoms with E-state index in [4.69, 9.17) is 9.47 Å². The standard InChI is InChI=1S/C16H30O4/c1-11(15(3,4)5)19-13(17)9-10-14(18)20-12(2)16(6,7)8/h11-12H,9-10H2,1-8H3. The topological polar surface area (TPSA) is 52.6 Å². The van der Waals surface area contributed by atoms with Gasteiger partial charge in [0.05, 0.1) is 12.8 Å². The molecule has 0 radical (unpaired) electrons. The third-order valence-electron chi connectivity index (χ3n) is 3.59. The molecule has 4 heteroatoms. The summed E-state index contributed by atoms with van der Waals surface area (Å²) in [5, 5.41) is 0. The van der Waals surface area contributed by atoms with Crippen LogP contribution >= 0.6 is 0 Å². The van der Waals surface area contributed by atoms with Crippen molar-refractivity contribution in [1.29, 1.82) is 0 Å². The Morgan fingerprint density at radius 1 is 0.750 bits per heavy atom. The molecule has 0 rings (SSSR count). The fraction of sp³-hybridized carbons (Fsp3) is 0.875. The Labute approximate surface area is 123 Å². The van der Waals surface area contributed by atoms with Gasteiger partial charge in [-0.1, -0.05) is 41.5 Å². The number of carbonyl (C=O) groups is 2. The highest BCUT2D eigenvalue weighted by Gasteiger charge is 2.26. The monoisotopic (exact) mass is 286 g/mol. The lowest BCUT2D eigenvalue weighted by atomic mass is 9.90. The van der Waals surface area contributed by atoms with Crippen molar-refractivity contribution in [2.45, 2.75) is 80.4 Å². The molecule has 0 amide bonds. The predicted molar refractivity (Wildman–Crippen MR) is 79.3 cm³/mol. The van der Waals surface area contributed by atoms with Gasteiger partial charge in [0.25, 0.3) is 0 Å².